The van der Waals surface area contributed by atoms with Crippen LogP contribution in [0.1, 0.15) is 40.5 Å². The fourth-order valence-corrected chi connectivity index (χ4v) is 10.0. The third-order valence-electron chi connectivity index (χ3n) is 6.49. The normalized spacial score (nSPS) is 32.1. The van der Waals surface area contributed by atoms with E-state index in [-0.39, 0.29) is 31.1 Å². The predicted molar refractivity (Wildman–Crippen MR) is 151 cm³/mol. The summed E-state index contributed by atoms with van der Waals surface area (Å²) in [6.45, 7) is 8.59. The van der Waals surface area contributed by atoms with Crippen molar-refractivity contribution in [3.63, 3.8) is 0 Å². The summed E-state index contributed by atoms with van der Waals surface area (Å²) in [6.07, 6.45) is 2.31. The third-order valence-corrected chi connectivity index (χ3v) is 9.69. The molecule has 0 spiro atoms. The van der Waals surface area contributed by atoms with Crippen LogP contribution < -0.4 is 5.30 Å². The number of ether oxygens (including phenoxy) is 3. The Kier molecular flexibility index (Phi) is 9.54. The number of hydrogen-bond donors (Lipinski definition) is 1. The maximum Gasteiger partial charge on any atom is 2.00 e. The third kappa shape index (κ3) is 7.55. The van der Waals surface area contributed by atoms with Crippen LogP contribution >= 0.6 is 7.92 Å². The Hall–Kier alpha value is -1.66. The standard InChI is InChI=1S/C16H21O3P.C12H9N.CH4O3S.Pd/c1-13-10-15(3)19-14(2,17-13)11-16(4,18-13)20(15)12-8-6-5-7-9-12;13-12-9-5-4-8-11(12)10-6-2-1-3-7-10;1-5(2,3)4;/h5-9H,10-11H2,1-4H3;1-6,8-9,13H;1H3,(H,2,3,4);/q;-2;;+2. The maximum atomic E-state index is 9.19. The Bertz CT molecular complexity index is 1320. The molecule has 4 bridgehead atoms. The fourth-order valence-electron chi connectivity index (χ4n) is 5.99. The largest absolute Gasteiger partial charge is 2.00 e. The van der Waals surface area contributed by atoms with Crippen LogP contribution in [-0.4, -0.2) is 41.5 Å². The number of nitrogens with one attached hydrogen (secondary N) is 1. The van der Waals surface area contributed by atoms with Crippen molar-refractivity contribution in [2.45, 2.75) is 62.8 Å². The van der Waals surface area contributed by atoms with E-state index in [2.05, 4.69) is 64.1 Å². The van der Waals surface area contributed by atoms with Crippen molar-refractivity contribution >= 4 is 29.0 Å². The van der Waals surface area contributed by atoms with Crippen LogP contribution in [0.5, 0.6) is 0 Å². The van der Waals surface area contributed by atoms with E-state index in [1.54, 1.807) is 6.07 Å². The summed E-state index contributed by atoms with van der Waals surface area (Å²) in [6, 6.07) is 29.1. The van der Waals surface area contributed by atoms with Gasteiger partial charge in [0.2, 0.25) is 0 Å². The fraction of sp³-hybridized carbons (Fsp3) is 0.379. The van der Waals surface area contributed by atoms with Gasteiger partial charge in [-0.15, -0.1) is 41.5 Å². The zero-order chi connectivity index (χ0) is 27.8. The first-order valence-corrected chi connectivity index (χ1v) is 15.5. The molecule has 4 aliphatic rings. The van der Waals surface area contributed by atoms with Crippen molar-refractivity contribution in [1.29, 1.82) is 0 Å². The Balaban J connectivity index is 0.000000191. The van der Waals surface area contributed by atoms with Gasteiger partial charge in [-0.05, 0) is 40.9 Å². The molecule has 4 aliphatic heterocycles. The molecule has 3 aromatic rings. The number of rotatable bonds is 2. The van der Waals surface area contributed by atoms with Gasteiger partial charge in [-0.1, -0.05) is 54.6 Å². The van der Waals surface area contributed by atoms with E-state index in [1.165, 1.54) is 5.30 Å². The van der Waals surface area contributed by atoms with Crippen molar-refractivity contribution in [2.75, 3.05) is 6.26 Å². The smallest absolute Gasteiger partial charge is 0.706 e. The average Bonchev–Trinajstić information content (AvgIpc) is 2.77. The van der Waals surface area contributed by atoms with Gasteiger partial charge in [0.1, 0.15) is 0 Å². The minimum Gasteiger partial charge on any atom is -0.706 e. The molecule has 4 heterocycles. The first-order valence-electron chi connectivity index (χ1n) is 12.3. The quantitative estimate of drug-likeness (QED) is 0.139. The summed E-state index contributed by atoms with van der Waals surface area (Å²) in [5.74, 6) is -1.02. The van der Waals surface area contributed by atoms with Crippen molar-refractivity contribution in [1.82, 2.24) is 0 Å². The summed E-state index contributed by atoms with van der Waals surface area (Å²) < 4.78 is 44.8. The average molecular weight is 662 g/mol. The molecule has 0 amide bonds. The molecule has 0 radical (unpaired) electrons. The van der Waals surface area contributed by atoms with E-state index in [0.29, 0.717) is 11.9 Å². The van der Waals surface area contributed by atoms with E-state index >= 15 is 0 Å². The van der Waals surface area contributed by atoms with Gasteiger partial charge in [0.15, 0.2) is 11.6 Å². The van der Waals surface area contributed by atoms with Gasteiger partial charge in [-0.2, -0.15) is 14.1 Å². The van der Waals surface area contributed by atoms with E-state index in [1.807, 2.05) is 42.5 Å². The molecule has 4 atom stereocenters. The minimum atomic E-state index is -3.67. The number of benzene rings is 3. The molecule has 10 heteroatoms. The molecular formula is C29H34NO6PPdS. The van der Waals surface area contributed by atoms with Crippen LogP contribution in [0.3, 0.4) is 0 Å². The maximum absolute atomic E-state index is 9.19. The second-order valence-electron chi connectivity index (χ2n) is 10.5. The summed E-state index contributed by atoms with van der Waals surface area (Å²) in [4.78, 5) is 0. The topological polar surface area (TPSA) is 106 Å². The summed E-state index contributed by atoms with van der Waals surface area (Å²) >= 11 is 0. The number of hydrogen-bond acceptors (Lipinski definition) is 5. The monoisotopic (exact) mass is 661 g/mol. The van der Waals surface area contributed by atoms with Gasteiger partial charge in [-0.25, -0.2) is 0 Å². The molecule has 212 valence electrons. The predicted octanol–water partition coefficient (Wildman–Crippen LogP) is 6.87. The summed E-state index contributed by atoms with van der Waals surface area (Å²) in [5, 5.41) is 1.01. The molecule has 3 aromatic carbocycles. The van der Waals surface area contributed by atoms with Gasteiger partial charge >= 0.3 is 20.4 Å². The van der Waals surface area contributed by atoms with E-state index in [4.69, 9.17) is 24.5 Å². The molecule has 0 aromatic heterocycles. The van der Waals surface area contributed by atoms with Crippen molar-refractivity contribution < 1.29 is 47.6 Å². The van der Waals surface area contributed by atoms with Gasteiger partial charge < -0.3 is 19.9 Å². The van der Waals surface area contributed by atoms with Crippen molar-refractivity contribution in [2.24, 2.45) is 0 Å². The Labute approximate surface area is 246 Å². The molecule has 0 saturated carbocycles. The molecule has 7 nitrogen and oxygen atoms in total. The van der Waals surface area contributed by atoms with Crippen LogP contribution in [0.4, 0.5) is 5.69 Å². The first kappa shape index (κ1) is 31.9. The SMILES string of the molecule is CC12CC3(C)OC(C)(CC(C)(O1)P3c1ccccc1)O2.CS(=O)(=O)O.[NH-]c1ccccc1-c1[c-]cccc1.[Pd+2]. The van der Waals surface area contributed by atoms with Gasteiger partial charge in [-0.3, -0.25) is 4.55 Å². The second kappa shape index (κ2) is 11.7. The van der Waals surface area contributed by atoms with Gasteiger partial charge in [0.05, 0.1) is 16.9 Å². The molecule has 4 unspecified atom stereocenters. The van der Waals surface area contributed by atoms with Crippen LogP contribution in [-0.2, 0) is 44.8 Å². The molecule has 0 aliphatic carbocycles. The van der Waals surface area contributed by atoms with Crippen molar-refractivity contribution in [3.8, 4) is 11.1 Å². The van der Waals surface area contributed by atoms with Crippen LogP contribution in [0, 0.1) is 6.07 Å². The van der Waals surface area contributed by atoms with Crippen LogP contribution in [0.15, 0.2) is 78.9 Å². The summed E-state index contributed by atoms with van der Waals surface area (Å²) in [5.41, 5.74) is 10.1. The Morgan fingerprint density at radius 3 is 1.79 bits per heavy atom. The minimum absolute atomic E-state index is 0. The van der Waals surface area contributed by atoms with Crippen LogP contribution in [0.2, 0.25) is 0 Å². The molecule has 4 saturated heterocycles. The molecule has 2 N–H and O–H groups in total. The summed E-state index contributed by atoms with van der Waals surface area (Å²) in [7, 11) is -4.22. The van der Waals surface area contributed by atoms with E-state index in [9.17, 15) is 8.42 Å². The molecule has 4 fully saturated rings. The Morgan fingerprint density at radius 1 is 0.821 bits per heavy atom. The molecule has 7 rings (SSSR count). The van der Waals surface area contributed by atoms with E-state index < -0.39 is 29.6 Å². The molecular weight excluding hydrogens is 628 g/mol. The van der Waals surface area contributed by atoms with E-state index in [0.717, 1.165) is 24.0 Å². The van der Waals surface area contributed by atoms with Gasteiger partial charge in [0.25, 0.3) is 10.1 Å². The van der Waals surface area contributed by atoms with Crippen LogP contribution in [0.25, 0.3) is 16.9 Å². The first-order chi connectivity index (χ1) is 17.6. The zero-order valence-corrected chi connectivity index (χ0v) is 25.8. The second-order valence-corrected chi connectivity index (χ2v) is 15.0. The van der Waals surface area contributed by atoms with Crippen molar-refractivity contribution in [3.05, 3.63) is 90.7 Å². The zero-order valence-electron chi connectivity index (χ0n) is 22.6. The molecule has 39 heavy (non-hydrogen) atoms. The van der Waals surface area contributed by atoms with Gasteiger partial charge in [0, 0.05) is 12.8 Å². The Morgan fingerprint density at radius 2 is 1.31 bits per heavy atom.